The van der Waals surface area contributed by atoms with Gasteiger partial charge in [0.1, 0.15) is 11.6 Å². The summed E-state index contributed by atoms with van der Waals surface area (Å²) >= 11 is 0. The molecule has 2 aromatic carbocycles. The third kappa shape index (κ3) is 5.39. The lowest BCUT2D eigenvalue weighted by molar-refractivity contribution is -0.119. The molecule has 2 N–H and O–H groups in total. The van der Waals surface area contributed by atoms with Crippen molar-refractivity contribution in [2.24, 2.45) is 5.92 Å². The van der Waals surface area contributed by atoms with E-state index in [0.29, 0.717) is 11.4 Å². The second-order valence-corrected chi connectivity index (χ2v) is 5.52. The Hall–Kier alpha value is -2.89. The van der Waals surface area contributed by atoms with Crippen molar-refractivity contribution < 1.29 is 18.7 Å². The lowest BCUT2D eigenvalue weighted by atomic mass is 10.2. The van der Waals surface area contributed by atoms with Gasteiger partial charge in [-0.3, -0.25) is 9.59 Å². The Kier molecular flexibility index (Phi) is 5.89. The van der Waals surface area contributed by atoms with E-state index in [1.54, 1.807) is 30.3 Å². The minimum absolute atomic E-state index is 0.0738. The normalized spacial score (nSPS) is 10.3. The number of carbonyl (C=O) groups excluding carboxylic acids is 2. The summed E-state index contributed by atoms with van der Waals surface area (Å²) < 4.78 is 18.2. The number of halogens is 1. The third-order valence-corrected chi connectivity index (χ3v) is 3.13. The van der Waals surface area contributed by atoms with Crippen LogP contribution < -0.4 is 15.4 Å². The Bertz CT molecular complexity index is 714. The van der Waals surface area contributed by atoms with Crippen LogP contribution in [0.5, 0.6) is 5.75 Å². The molecule has 0 radical (unpaired) electrons. The zero-order valence-corrected chi connectivity index (χ0v) is 13.5. The first-order valence-corrected chi connectivity index (χ1v) is 7.53. The summed E-state index contributed by atoms with van der Waals surface area (Å²) in [7, 11) is 0. The molecule has 2 rings (SSSR count). The zero-order chi connectivity index (χ0) is 17.5. The molecule has 0 aliphatic carbocycles. The first-order chi connectivity index (χ1) is 11.4. The van der Waals surface area contributed by atoms with Crippen LogP contribution >= 0.6 is 0 Å². The second kappa shape index (κ2) is 8.10. The van der Waals surface area contributed by atoms with Crippen molar-refractivity contribution in [2.45, 2.75) is 13.8 Å². The molecule has 0 spiro atoms. The maximum absolute atomic E-state index is 13.0. The fraction of sp³-hybridized carbons (Fsp3) is 0.222. The van der Waals surface area contributed by atoms with E-state index in [9.17, 15) is 14.0 Å². The van der Waals surface area contributed by atoms with Gasteiger partial charge in [0.25, 0.3) is 5.91 Å². The number of carbonyl (C=O) groups is 2. The summed E-state index contributed by atoms with van der Waals surface area (Å²) in [4.78, 5) is 23.4. The molecule has 0 unspecified atom stereocenters. The Morgan fingerprint density at radius 1 is 1.04 bits per heavy atom. The van der Waals surface area contributed by atoms with E-state index in [-0.39, 0.29) is 30.1 Å². The standard InChI is InChI=1S/C18H19FN2O3/c1-12(2)18(23)21-15-8-6-14(7-9-15)20-17(22)11-24-16-5-3-4-13(19)10-16/h3-10,12H,11H2,1-2H3,(H,20,22)(H,21,23). The van der Waals surface area contributed by atoms with Crippen LogP contribution in [0.15, 0.2) is 48.5 Å². The first-order valence-electron chi connectivity index (χ1n) is 7.53. The number of hydrogen-bond acceptors (Lipinski definition) is 3. The van der Waals surface area contributed by atoms with Crippen molar-refractivity contribution in [1.82, 2.24) is 0 Å². The molecule has 5 nitrogen and oxygen atoms in total. The van der Waals surface area contributed by atoms with E-state index in [4.69, 9.17) is 4.74 Å². The Labute approximate surface area is 139 Å². The fourth-order valence-corrected chi connectivity index (χ4v) is 1.83. The summed E-state index contributed by atoms with van der Waals surface area (Å²) in [5.74, 6) is -0.679. The van der Waals surface area contributed by atoms with Crippen LogP contribution in [-0.4, -0.2) is 18.4 Å². The van der Waals surface area contributed by atoms with E-state index >= 15 is 0 Å². The van der Waals surface area contributed by atoms with Crippen molar-refractivity contribution in [3.8, 4) is 5.75 Å². The largest absolute Gasteiger partial charge is 0.484 e. The molecular formula is C18H19FN2O3. The van der Waals surface area contributed by atoms with Crippen molar-refractivity contribution in [2.75, 3.05) is 17.2 Å². The van der Waals surface area contributed by atoms with Crippen molar-refractivity contribution in [1.29, 1.82) is 0 Å². The van der Waals surface area contributed by atoms with Crippen LogP contribution in [0.1, 0.15) is 13.8 Å². The maximum atomic E-state index is 13.0. The molecule has 2 aromatic rings. The van der Waals surface area contributed by atoms with Gasteiger partial charge >= 0.3 is 0 Å². The minimum atomic E-state index is -0.424. The van der Waals surface area contributed by atoms with Gasteiger partial charge in [-0.1, -0.05) is 19.9 Å². The molecule has 6 heteroatoms. The van der Waals surface area contributed by atoms with E-state index in [1.165, 1.54) is 18.2 Å². The number of ether oxygens (including phenoxy) is 1. The Morgan fingerprint density at radius 3 is 2.25 bits per heavy atom. The second-order valence-electron chi connectivity index (χ2n) is 5.52. The average Bonchev–Trinajstić information content (AvgIpc) is 2.55. The van der Waals surface area contributed by atoms with Crippen LogP contribution in [0.25, 0.3) is 0 Å². The van der Waals surface area contributed by atoms with Gasteiger partial charge in [-0.25, -0.2) is 4.39 Å². The molecule has 0 aromatic heterocycles. The fourth-order valence-electron chi connectivity index (χ4n) is 1.83. The molecule has 126 valence electrons. The number of anilines is 2. The van der Waals surface area contributed by atoms with E-state index in [0.717, 1.165) is 0 Å². The van der Waals surface area contributed by atoms with E-state index in [2.05, 4.69) is 10.6 Å². The van der Waals surface area contributed by atoms with Crippen molar-refractivity contribution in [3.63, 3.8) is 0 Å². The quantitative estimate of drug-likeness (QED) is 0.852. The molecular weight excluding hydrogens is 311 g/mol. The van der Waals surface area contributed by atoms with Crippen LogP contribution in [0.2, 0.25) is 0 Å². The van der Waals surface area contributed by atoms with Crippen molar-refractivity contribution >= 4 is 23.2 Å². The molecule has 24 heavy (non-hydrogen) atoms. The molecule has 0 atom stereocenters. The van der Waals surface area contributed by atoms with Crippen LogP contribution in [0.3, 0.4) is 0 Å². The van der Waals surface area contributed by atoms with Gasteiger partial charge in [0, 0.05) is 23.4 Å². The highest BCUT2D eigenvalue weighted by atomic mass is 19.1. The minimum Gasteiger partial charge on any atom is -0.484 e. The highest BCUT2D eigenvalue weighted by molar-refractivity contribution is 5.94. The number of rotatable bonds is 6. The first kappa shape index (κ1) is 17.5. The SMILES string of the molecule is CC(C)C(=O)Nc1ccc(NC(=O)COc2cccc(F)c2)cc1. The third-order valence-electron chi connectivity index (χ3n) is 3.13. The van der Waals surface area contributed by atoms with Gasteiger partial charge in [-0.05, 0) is 36.4 Å². The molecule has 0 aliphatic heterocycles. The molecule has 2 amide bonds. The predicted octanol–water partition coefficient (Wildman–Crippen LogP) is 3.44. The number of hydrogen-bond donors (Lipinski definition) is 2. The monoisotopic (exact) mass is 330 g/mol. The highest BCUT2D eigenvalue weighted by Gasteiger charge is 2.08. The van der Waals surface area contributed by atoms with Gasteiger partial charge < -0.3 is 15.4 Å². The summed E-state index contributed by atoms with van der Waals surface area (Å²) in [6, 6.07) is 12.3. The van der Waals surface area contributed by atoms with Gasteiger partial charge in [-0.15, -0.1) is 0 Å². The van der Waals surface area contributed by atoms with Crippen LogP contribution in [-0.2, 0) is 9.59 Å². The van der Waals surface area contributed by atoms with Crippen LogP contribution in [0.4, 0.5) is 15.8 Å². The summed E-state index contributed by atoms with van der Waals surface area (Å²) in [6.07, 6.45) is 0. The highest BCUT2D eigenvalue weighted by Crippen LogP contribution is 2.15. The smallest absolute Gasteiger partial charge is 0.262 e. The Balaban J connectivity index is 1.84. The molecule has 0 saturated heterocycles. The van der Waals surface area contributed by atoms with E-state index < -0.39 is 5.82 Å². The lowest BCUT2D eigenvalue weighted by Gasteiger charge is -2.10. The van der Waals surface area contributed by atoms with Crippen LogP contribution in [0, 0.1) is 11.7 Å². The van der Waals surface area contributed by atoms with Gasteiger partial charge in [-0.2, -0.15) is 0 Å². The molecule has 0 fully saturated rings. The lowest BCUT2D eigenvalue weighted by Crippen LogP contribution is -2.20. The Morgan fingerprint density at radius 2 is 1.67 bits per heavy atom. The summed E-state index contributed by atoms with van der Waals surface area (Å²) in [5, 5.41) is 5.42. The molecule has 0 aliphatic rings. The summed E-state index contributed by atoms with van der Waals surface area (Å²) in [5.41, 5.74) is 1.23. The molecule has 0 bridgehead atoms. The average molecular weight is 330 g/mol. The van der Waals surface area contributed by atoms with Gasteiger partial charge in [0.2, 0.25) is 5.91 Å². The topological polar surface area (TPSA) is 67.4 Å². The molecule has 0 saturated carbocycles. The summed E-state index contributed by atoms with van der Waals surface area (Å²) in [6.45, 7) is 3.39. The maximum Gasteiger partial charge on any atom is 0.262 e. The van der Waals surface area contributed by atoms with E-state index in [1.807, 2.05) is 13.8 Å². The van der Waals surface area contributed by atoms with Gasteiger partial charge in [0.05, 0.1) is 0 Å². The van der Waals surface area contributed by atoms with Gasteiger partial charge in [0.15, 0.2) is 6.61 Å². The number of nitrogens with one attached hydrogen (secondary N) is 2. The molecule has 0 heterocycles. The van der Waals surface area contributed by atoms with Crippen molar-refractivity contribution in [3.05, 3.63) is 54.3 Å². The zero-order valence-electron chi connectivity index (χ0n) is 13.5. The number of benzene rings is 2. The predicted molar refractivity (Wildman–Crippen MR) is 90.4 cm³/mol. The number of amides is 2.